The maximum atomic E-state index is 12.4. The first-order chi connectivity index (χ1) is 14.6. The molecule has 2 aromatic carbocycles. The molecule has 7 nitrogen and oxygen atoms in total. The second-order valence-corrected chi connectivity index (χ2v) is 8.84. The van der Waals surface area contributed by atoms with Gasteiger partial charge in [-0.2, -0.15) is 0 Å². The maximum Gasteiger partial charge on any atom is 0.407 e. The molecule has 0 radical (unpaired) electrons. The van der Waals surface area contributed by atoms with Gasteiger partial charge in [-0.3, -0.25) is 4.79 Å². The average molecular weight is 424 g/mol. The van der Waals surface area contributed by atoms with E-state index in [9.17, 15) is 19.5 Å². The first-order valence-electron chi connectivity index (χ1n) is 10.2. The summed E-state index contributed by atoms with van der Waals surface area (Å²) in [6.45, 7) is 6.77. The topological polar surface area (TPSA) is 105 Å². The number of hydrogen-bond acceptors (Lipinski definition) is 4. The van der Waals surface area contributed by atoms with Gasteiger partial charge in [0.05, 0.1) is 0 Å². The molecule has 0 saturated heterocycles. The van der Waals surface area contributed by atoms with E-state index in [-0.39, 0.29) is 12.5 Å². The molecule has 0 fully saturated rings. The smallest absolute Gasteiger partial charge is 0.407 e. The Morgan fingerprint density at radius 3 is 1.97 bits per heavy atom. The molecule has 0 saturated carbocycles. The van der Waals surface area contributed by atoms with Gasteiger partial charge in [0.2, 0.25) is 5.91 Å². The summed E-state index contributed by atoms with van der Waals surface area (Å²) >= 11 is 0. The lowest BCUT2D eigenvalue weighted by Crippen LogP contribution is -2.54. The molecule has 1 aliphatic carbocycles. The zero-order chi connectivity index (χ0) is 22.8. The van der Waals surface area contributed by atoms with Gasteiger partial charge in [-0.05, 0) is 34.6 Å². The average Bonchev–Trinajstić information content (AvgIpc) is 3.03. The summed E-state index contributed by atoms with van der Waals surface area (Å²) in [6.07, 6.45) is -0.729. The van der Waals surface area contributed by atoms with E-state index in [1.165, 1.54) is 6.92 Å². The van der Waals surface area contributed by atoms with Crippen LogP contribution in [0, 0.1) is 5.41 Å². The van der Waals surface area contributed by atoms with E-state index in [2.05, 4.69) is 22.8 Å². The highest BCUT2D eigenvalue weighted by atomic mass is 16.5. The normalized spacial score (nSPS) is 14.7. The molecule has 31 heavy (non-hydrogen) atoms. The molecule has 0 unspecified atom stereocenters. The van der Waals surface area contributed by atoms with Crippen LogP contribution in [0.4, 0.5) is 4.79 Å². The molecule has 2 amide bonds. The van der Waals surface area contributed by atoms with Crippen molar-refractivity contribution in [3.63, 3.8) is 0 Å². The summed E-state index contributed by atoms with van der Waals surface area (Å²) in [4.78, 5) is 36.2. The van der Waals surface area contributed by atoms with Gasteiger partial charge in [-0.15, -0.1) is 0 Å². The Kier molecular flexibility index (Phi) is 6.34. The number of ether oxygens (including phenoxy) is 1. The zero-order valence-electron chi connectivity index (χ0n) is 18.1. The van der Waals surface area contributed by atoms with Crippen molar-refractivity contribution in [2.45, 2.75) is 45.7 Å². The molecule has 7 heteroatoms. The number of carboxylic acids is 1. The second kappa shape index (κ2) is 8.79. The van der Waals surface area contributed by atoms with Crippen LogP contribution < -0.4 is 10.6 Å². The number of amides is 2. The Morgan fingerprint density at radius 1 is 0.968 bits per heavy atom. The van der Waals surface area contributed by atoms with Crippen LogP contribution in [0.15, 0.2) is 48.5 Å². The van der Waals surface area contributed by atoms with E-state index in [1.54, 1.807) is 20.8 Å². The number of hydrogen-bond donors (Lipinski definition) is 3. The van der Waals surface area contributed by atoms with Crippen molar-refractivity contribution >= 4 is 18.0 Å². The van der Waals surface area contributed by atoms with E-state index in [1.807, 2.05) is 36.4 Å². The van der Waals surface area contributed by atoms with Crippen LogP contribution in [0.1, 0.15) is 44.7 Å². The van der Waals surface area contributed by atoms with E-state index in [0.717, 1.165) is 22.3 Å². The lowest BCUT2D eigenvalue weighted by Gasteiger charge is -2.28. The number of rotatable bonds is 6. The Bertz CT molecular complexity index is 950. The maximum absolute atomic E-state index is 12.4. The Morgan fingerprint density at radius 2 is 1.48 bits per heavy atom. The van der Waals surface area contributed by atoms with Crippen LogP contribution in [0.25, 0.3) is 11.1 Å². The fourth-order valence-corrected chi connectivity index (χ4v) is 3.80. The lowest BCUT2D eigenvalue weighted by molar-refractivity contribution is -0.145. The van der Waals surface area contributed by atoms with Gasteiger partial charge in [0.15, 0.2) is 0 Å². The molecular weight excluding hydrogens is 396 g/mol. The predicted molar refractivity (Wildman–Crippen MR) is 117 cm³/mol. The van der Waals surface area contributed by atoms with Gasteiger partial charge in [-0.25, -0.2) is 9.59 Å². The van der Waals surface area contributed by atoms with Gasteiger partial charge in [0.1, 0.15) is 18.7 Å². The molecular formula is C24H28N2O5. The van der Waals surface area contributed by atoms with Gasteiger partial charge in [0, 0.05) is 5.92 Å². The largest absolute Gasteiger partial charge is 0.480 e. The highest BCUT2D eigenvalue weighted by Crippen LogP contribution is 2.44. The van der Waals surface area contributed by atoms with Gasteiger partial charge >= 0.3 is 12.1 Å². The van der Waals surface area contributed by atoms with E-state index >= 15 is 0 Å². The molecule has 3 N–H and O–H groups in total. The molecule has 0 aliphatic heterocycles. The number of carbonyl (C=O) groups is 3. The van der Waals surface area contributed by atoms with Crippen molar-refractivity contribution in [2.24, 2.45) is 5.41 Å². The summed E-state index contributed by atoms with van der Waals surface area (Å²) in [7, 11) is 0. The third-order valence-electron chi connectivity index (χ3n) is 5.47. The van der Waals surface area contributed by atoms with Crippen LogP contribution in [-0.2, 0) is 14.3 Å². The predicted octanol–water partition coefficient (Wildman–Crippen LogP) is 3.53. The minimum absolute atomic E-state index is 0.0837. The van der Waals surface area contributed by atoms with Crippen LogP contribution in [0.3, 0.4) is 0 Å². The number of aliphatic carboxylic acids is 1. The van der Waals surface area contributed by atoms with Crippen LogP contribution in [-0.4, -0.2) is 41.8 Å². The van der Waals surface area contributed by atoms with Crippen molar-refractivity contribution in [2.75, 3.05) is 6.61 Å². The third kappa shape index (κ3) is 4.87. The van der Waals surface area contributed by atoms with Crippen molar-refractivity contribution in [1.29, 1.82) is 0 Å². The van der Waals surface area contributed by atoms with Crippen LogP contribution in [0.2, 0.25) is 0 Å². The number of alkyl carbamates (subject to hydrolysis) is 1. The molecule has 3 rings (SSSR count). The highest BCUT2D eigenvalue weighted by Gasteiger charge is 2.34. The van der Waals surface area contributed by atoms with Crippen molar-refractivity contribution in [3.05, 3.63) is 59.7 Å². The number of nitrogens with one attached hydrogen (secondary N) is 2. The number of benzene rings is 2. The first kappa shape index (κ1) is 22.3. The molecule has 164 valence electrons. The second-order valence-electron chi connectivity index (χ2n) is 8.84. The number of fused-ring (bicyclic) bond motifs is 3. The third-order valence-corrected chi connectivity index (χ3v) is 5.47. The van der Waals surface area contributed by atoms with Gasteiger partial charge in [0.25, 0.3) is 0 Å². The SMILES string of the molecule is C[C@H](NC(=O)OCC1c2ccccc2-c2ccccc21)C(=O)N[C@H](C(=O)O)C(C)(C)C. The molecule has 2 atom stereocenters. The fraction of sp³-hybridized carbons (Fsp3) is 0.375. The van der Waals surface area contributed by atoms with Gasteiger partial charge < -0.3 is 20.5 Å². The minimum atomic E-state index is -1.13. The standard InChI is InChI=1S/C24H28N2O5/c1-14(21(27)26-20(22(28)29)24(2,3)4)25-23(30)31-13-19-17-11-7-5-9-15(17)16-10-6-8-12-18(16)19/h5-12,14,19-20H,13H2,1-4H3,(H,25,30)(H,26,27)(H,28,29)/t14-,20+/m0/s1. The van der Waals surface area contributed by atoms with Crippen LogP contribution in [0.5, 0.6) is 0 Å². The first-order valence-corrected chi connectivity index (χ1v) is 10.2. The lowest BCUT2D eigenvalue weighted by atomic mass is 9.86. The molecule has 2 aromatic rings. The van der Waals surface area contributed by atoms with Crippen LogP contribution >= 0.6 is 0 Å². The summed E-state index contributed by atoms with van der Waals surface area (Å²) in [6, 6.07) is 14.0. The molecule has 0 bridgehead atoms. The van der Waals surface area contributed by atoms with Crippen molar-refractivity contribution < 1.29 is 24.2 Å². The van der Waals surface area contributed by atoms with Crippen molar-refractivity contribution in [1.82, 2.24) is 10.6 Å². The summed E-state index contributed by atoms with van der Waals surface area (Å²) < 4.78 is 5.43. The monoisotopic (exact) mass is 424 g/mol. The van der Waals surface area contributed by atoms with E-state index in [4.69, 9.17) is 4.74 Å². The fourth-order valence-electron chi connectivity index (χ4n) is 3.80. The minimum Gasteiger partial charge on any atom is -0.480 e. The summed E-state index contributed by atoms with van der Waals surface area (Å²) in [5.74, 6) is -1.80. The zero-order valence-corrected chi connectivity index (χ0v) is 18.1. The Labute approximate surface area is 181 Å². The van der Waals surface area contributed by atoms with Gasteiger partial charge in [-0.1, -0.05) is 69.3 Å². The Balaban J connectivity index is 1.60. The summed E-state index contributed by atoms with van der Waals surface area (Å²) in [5.41, 5.74) is 3.77. The number of carbonyl (C=O) groups excluding carboxylic acids is 2. The van der Waals surface area contributed by atoms with Crippen molar-refractivity contribution in [3.8, 4) is 11.1 Å². The highest BCUT2D eigenvalue weighted by molar-refractivity contribution is 5.89. The van der Waals surface area contributed by atoms with E-state index in [0.29, 0.717) is 0 Å². The molecule has 0 heterocycles. The Hall–Kier alpha value is -3.35. The molecule has 1 aliphatic rings. The van der Waals surface area contributed by atoms with E-state index < -0.39 is 35.5 Å². The molecule has 0 aromatic heterocycles. The molecule has 0 spiro atoms. The quantitative estimate of drug-likeness (QED) is 0.658. The number of carboxylic acid groups (broad SMARTS) is 1. The summed E-state index contributed by atoms with van der Waals surface area (Å²) in [5, 5.41) is 14.3.